The molecule has 1 aromatic heterocycles. The van der Waals surface area contributed by atoms with E-state index >= 15 is 0 Å². The molecular formula is C9H12N4. The summed E-state index contributed by atoms with van der Waals surface area (Å²) in [5, 5.41) is 16.4. The van der Waals surface area contributed by atoms with Gasteiger partial charge in [-0.25, -0.2) is 0 Å². The first-order chi connectivity index (χ1) is 6.24. The van der Waals surface area contributed by atoms with Gasteiger partial charge in [-0.2, -0.15) is 10.4 Å². The van der Waals surface area contributed by atoms with Crippen LogP contribution in [0, 0.1) is 25.2 Å². The Hall–Kier alpha value is -1.34. The normalized spacial score (nSPS) is 16.7. The Morgan fingerprint density at radius 2 is 2.23 bits per heavy atom. The Balaban J connectivity index is 2.42. The van der Waals surface area contributed by atoms with Gasteiger partial charge in [-0.15, -0.1) is 0 Å². The van der Waals surface area contributed by atoms with Gasteiger partial charge in [0.1, 0.15) is 6.07 Å². The van der Waals surface area contributed by atoms with E-state index in [-0.39, 0.29) is 0 Å². The first kappa shape index (κ1) is 8.27. The highest BCUT2D eigenvalue weighted by Crippen LogP contribution is 2.18. The molecule has 1 fully saturated rings. The molecule has 4 nitrogen and oxygen atoms in total. The van der Waals surface area contributed by atoms with Crippen LogP contribution >= 0.6 is 0 Å². The fourth-order valence-electron chi connectivity index (χ4n) is 1.63. The van der Waals surface area contributed by atoms with Crippen molar-refractivity contribution in [3.05, 3.63) is 17.0 Å². The molecule has 0 atom stereocenters. The van der Waals surface area contributed by atoms with Crippen molar-refractivity contribution in [1.29, 1.82) is 5.26 Å². The molecule has 0 aliphatic carbocycles. The van der Waals surface area contributed by atoms with Crippen LogP contribution in [0.25, 0.3) is 0 Å². The molecule has 0 radical (unpaired) electrons. The van der Waals surface area contributed by atoms with Crippen LogP contribution in [0.2, 0.25) is 0 Å². The average molecular weight is 176 g/mol. The van der Waals surface area contributed by atoms with E-state index in [9.17, 15) is 0 Å². The Bertz CT molecular complexity index is 368. The SMILES string of the molecule is Cc1nn(C2CNC2)c(C)c1C#N. The van der Waals surface area contributed by atoms with E-state index in [0.717, 1.165) is 30.0 Å². The minimum absolute atomic E-state index is 0.445. The smallest absolute Gasteiger partial charge is 0.103 e. The zero-order chi connectivity index (χ0) is 9.42. The third-order valence-electron chi connectivity index (χ3n) is 2.54. The van der Waals surface area contributed by atoms with Crippen molar-refractivity contribution < 1.29 is 0 Å². The number of rotatable bonds is 1. The van der Waals surface area contributed by atoms with Crippen molar-refractivity contribution in [3.63, 3.8) is 0 Å². The minimum Gasteiger partial charge on any atom is -0.312 e. The lowest BCUT2D eigenvalue weighted by atomic mass is 10.1. The summed E-state index contributed by atoms with van der Waals surface area (Å²) in [5.41, 5.74) is 2.56. The van der Waals surface area contributed by atoms with E-state index in [1.807, 2.05) is 18.5 Å². The van der Waals surface area contributed by atoms with Crippen LogP contribution in [-0.4, -0.2) is 22.9 Å². The largest absolute Gasteiger partial charge is 0.312 e. The maximum absolute atomic E-state index is 8.87. The van der Waals surface area contributed by atoms with Crippen LogP contribution in [0.1, 0.15) is 23.0 Å². The van der Waals surface area contributed by atoms with Crippen molar-refractivity contribution >= 4 is 0 Å². The van der Waals surface area contributed by atoms with E-state index < -0.39 is 0 Å². The van der Waals surface area contributed by atoms with E-state index in [0.29, 0.717) is 6.04 Å². The van der Waals surface area contributed by atoms with Gasteiger partial charge in [-0.1, -0.05) is 0 Å². The average Bonchev–Trinajstić information content (AvgIpc) is 2.25. The quantitative estimate of drug-likeness (QED) is 0.678. The topological polar surface area (TPSA) is 53.6 Å². The molecule has 13 heavy (non-hydrogen) atoms. The molecule has 0 amide bonds. The molecule has 1 aromatic rings. The lowest BCUT2D eigenvalue weighted by molar-refractivity contribution is 0.312. The van der Waals surface area contributed by atoms with Gasteiger partial charge in [0.15, 0.2) is 0 Å². The Kier molecular flexibility index (Phi) is 1.82. The third-order valence-corrected chi connectivity index (χ3v) is 2.54. The number of aryl methyl sites for hydroxylation is 1. The summed E-state index contributed by atoms with van der Waals surface area (Å²) in [6, 6.07) is 2.63. The monoisotopic (exact) mass is 176 g/mol. The number of nitriles is 1. The van der Waals surface area contributed by atoms with Crippen LogP contribution in [0.3, 0.4) is 0 Å². The summed E-state index contributed by atoms with van der Waals surface area (Å²) in [7, 11) is 0. The molecule has 1 aliphatic heterocycles. The standard InChI is InChI=1S/C9H12N4/c1-6-9(3-10)7(2)13(12-6)8-4-11-5-8/h8,11H,4-5H2,1-2H3. The van der Waals surface area contributed by atoms with E-state index in [1.165, 1.54) is 0 Å². The van der Waals surface area contributed by atoms with Gasteiger partial charge in [0.2, 0.25) is 0 Å². The maximum atomic E-state index is 8.87. The number of hydrogen-bond donors (Lipinski definition) is 1. The minimum atomic E-state index is 0.445. The van der Waals surface area contributed by atoms with Gasteiger partial charge in [0.05, 0.1) is 23.0 Å². The van der Waals surface area contributed by atoms with Gasteiger partial charge < -0.3 is 5.32 Å². The molecule has 0 bridgehead atoms. The molecule has 2 heterocycles. The predicted octanol–water partition coefficient (Wildman–Crippen LogP) is 0.516. The molecule has 4 heteroatoms. The van der Waals surface area contributed by atoms with Crippen molar-refractivity contribution in [3.8, 4) is 6.07 Å². The van der Waals surface area contributed by atoms with Crippen LogP contribution in [-0.2, 0) is 0 Å². The van der Waals surface area contributed by atoms with Gasteiger partial charge in [-0.3, -0.25) is 4.68 Å². The van der Waals surface area contributed by atoms with Crippen LogP contribution in [0.15, 0.2) is 0 Å². The third kappa shape index (κ3) is 1.12. The predicted molar refractivity (Wildman–Crippen MR) is 48.3 cm³/mol. The van der Waals surface area contributed by atoms with Crippen LogP contribution in [0.4, 0.5) is 0 Å². The highest BCUT2D eigenvalue weighted by Gasteiger charge is 2.23. The lowest BCUT2D eigenvalue weighted by Gasteiger charge is -2.28. The Morgan fingerprint density at radius 1 is 1.54 bits per heavy atom. The Labute approximate surface area is 77.2 Å². The zero-order valence-corrected chi connectivity index (χ0v) is 7.83. The van der Waals surface area contributed by atoms with Crippen molar-refractivity contribution in [2.75, 3.05) is 13.1 Å². The second-order valence-electron chi connectivity index (χ2n) is 3.41. The van der Waals surface area contributed by atoms with Gasteiger partial charge >= 0.3 is 0 Å². The first-order valence-electron chi connectivity index (χ1n) is 4.40. The molecule has 68 valence electrons. The van der Waals surface area contributed by atoms with Crippen molar-refractivity contribution in [2.24, 2.45) is 0 Å². The van der Waals surface area contributed by atoms with Crippen LogP contribution < -0.4 is 5.32 Å². The molecule has 1 N–H and O–H groups in total. The summed E-state index contributed by atoms with van der Waals surface area (Å²) >= 11 is 0. The van der Waals surface area contributed by atoms with Crippen molar-refractivity contribution in [2.45, 2.75) is 19.9 Å². The van der Waals surface area contributed by atoms with E-state index in [4.69, 9.17) is 5.26 Å². The summed E-state index contributed by atoms with van der Waals surface area (Å²) in [4.78, 5) is 0. The summed E-state index contributed by atoms with van der Waals surface area (Å²) in [6.07, 6.45) is 0. The van der Waals surface area contributed by atoms with Crippen molar-refractivity contribution in [1.82, 2.24) is 15.1 Å². The van der Waals surface area contributed by atoms with E-state index in [1.54, 1.807) is 0 Å². The number of nitrogens with zero attached hydrogens (tertiary/aromatic N) is 3. The lowest BCUT2D eigenvalue weighted by Crippen LogP contribution is -2.44. The Morgan fingerprint density at radius 3 is 2.62 bits per heavy atom. The number of nitrogens with one attached hydrogen (secondary N) is 1. The zero-order valence-electron chi connectivity index (χ0n) is 7.83. The number of aromatic nitrogens is 2. The molecule has 1 aliphatic rings. The summed E-state index contributed by atoms with van der Waals surface area (Å²) < 4.78 is 1.96. The van der Waals surface area contributed by atoms with Gasteiger partial charge in [0, 0.05) is 13.1 Å². The second kappa shape index (κ2) is 2.86. The molecule has 0 unspecified atom stereocenters. The summed E-state index contributed by atoms with van der Waals surface area (Å²) in [6.45, 7) is 5.77. The fraction of sp³-hybridized carbons (Fsp3) is 0.556. The fourth-order valence-corrected chi connectivity index (χ4v) is 1.63. The van der Waals surface area contributed by atoms with Gasteiger partial charge in [-0.05, 0) is 13.8 Å². The summed E-state index contributed by atoms with van der Waals surface area (Å²) in [5.74, 6) is 0. The molecular weight excluding hydrogens is 164 g/mol. The highest BCUT2D eigenvalue weighted by molar-refractivity contribution is 5.37. The molecule has 0 saturated carbocycles. The first-order valence-corrected chi connectivity index (χ1v) is 4.40. The molecule has 2 rings (SSSR count). The molecule has 0 spiro atoms. The molecule has 1 saturated heterocycles. The van der Waals surface area contributed by atoms with E-state index in [2.05, 4.69) is 16.5 Å². The van der Waals surface area contributed by atoms with Gasteiger partial charge in [0.25, 0.3) is 0 Å². The maximum Gasteiger partial charge on any atom is 0.103 e. The second-order valence-corrected chi connectivity index (χ2v) is 3.41. The molecule has 0 aromatic carbocycles. The highest BCUT2D eigenvalue weighted by atomic mass is 15.3. The van der Waals surface area contributed by atoms with Crippen LogP contribution in [0.5, 0.6) is 0 Å². The number of hydrogen-bond acceptors (Lipinski definition) is 3.